The highest BCUT2D eigenvalue weighted by molar-refractivity contribution is 5.80. The predicted octanol–water partition coefficient (Wildman–Crippen LogP) is 0.00630. The Hall–Kier alpha value is -1.32. The molecule has 68 valence electrons. The van der Waals surface area contributed by atoms with E-state index in [1.807, 2.05) is 6.92 Å². The molecule has 0 aliphatic heterocycles. The molecule has 0 heterocycles. The van der Waals surface area contributed by atoms with Gasteiger partial charge in [-0.2, -0.15) is 0 Å². The molecule has 0 aromatic carbocycles. The molecule has 0 aromatic rings. The largest absolute Gasteiger partial charge is 0.404 e. The molecule has 0 bridgehead atoms. The number of amides is 1. The van der Waals surface area contributed by atoms with Gasteiger partial charge < -0.3 is 10.6 Å². The number of aliphatic imine (C=N–C) groups is 1. The van der Waals surface area contributed by atoms with Gasteiger partial charge in [0.05, 0.1) is 6.04 Å². The van der Waals surface area contributed by atoms with Crippen molar-refractivity contribution in [3.63, 3.8) is 0 Å². The first-order chi connectivity index (χ1) is 5.67. The summed E-state index contributed by atoms with van der Waals surface area (Å²) >= 11 is 0. The smallest absolute Gasteiger partial charge is 0.209 e. The second-order valence-corrected chi connectivity index (χ2v) is 2.50. The third kappa shape index (κ3) is 2.74. The molecule has 4 heteroatoms. The summed E-state index contributed by atoms with van der Waals surface area (Å²) in [7, 11) is 3.36. The van der Waals surface area contributed by atoms with Crippen LogP contribution in [-0.4, -0.2) is 37.7 Å². The Morgan fingerprint density at radius 1 is 1.67 bits per heavy atom. The molecule has 0 aliphatic rings. The molecular weight excluding hydrogens is 154 g/mol. The lowest BCUT2D eigenvalue weighted by molar-refractivity contribution is -0.117. The van der Waals surface area contributed by atoms with Gasteiger partial charge in [-0.3, -0.25) is 9.79 Å². The minimum absolute atomic E-state index is 0.0313. The summed E-state index contributed by atoms with van der Waals surface area (Å²) in [5, 5.41) is 0. The van der Waals surface area contributed by atoms with Crippen molar-refractivity contribution in [1.82, 2.24) is 4.90 Å². The van der Waals surface area contributed by atoms with Crippen molar-refractivity contribution < 1.29 is 4.79 Å². The number of rotatable bonds is 4. The van der Waals surface area contributed by atoms with Crippen LogP contribution in [0, 0.1) is 0 Å². The lowest BCUT2D eigenvalue weighted by Crippen LogP contribution is -2.30. The van der Waals surface area contributed by atoms with E-state index >= 15 is 0 Å². The number of nitrogens with zero attached hydrogens (tertiary/aromatic N) is 2. The van der Waals surface area contributed by atoms with Crippen LogP contribution in [0.1, 0.15) is 6.92 Å². The Morgan fingerprint density at radius 3 is 2.58 bits per heavy atom. The molecule has 0 aliphatic carbocycles. The Bertz CT molecular complexity index is 198. The van der Waals surface area contributed by atoms with Gasteiger partial charge in [-0.1, -0.05) is 0 Å². The molecule has 0 rings (SSSR count). The maximum Gasteiger partial charge on any atom is 0.209 e. The highest BCUT2D eigenvalue weighted by Crippen LogP contribution is 2.02. The molecular formula is C8H15N3O. The molecule has 0 spiro atoms. The molecule has 0 radical (unpaired) electrons. The van der Waals surface area contributed by atoms with Crippen LogP contribution in [-0.2, 0) is 4.79 Å². The third-order valence-corrected chi connectivity index (χ3v) is 1.73. The van der Waals surface area contributed by atoms with Crippen molar-refractivity contribution in [2.45, 2.75) is 13.0 Å². The van der Waals surface area contributed by atoms with E-state index in [9.17, 15) is 4.79 Å². The van der Waals surface area contributed by atoms with Gasteiger partial charge in [0.15, 0.2) is 0 Å². The molecule has 0 aromatic heterocycles. The van der Waals surface area contributed by atoms with Crippen molar-refractivity contribution in [2.75, 3.05) is 14.1 Å². The highest BCUT2D eigenvalue weighted by atomic mass is 16.1. The van der Waals surface area contributed by atoms with Crippen LogP contribution in [0.2, 0.25) is 0 Å². The topological polar surface area (TPSA) is 58.7 Å². The summed E-state index contributed by atoms with van der Waals surface area (Å²) in [6.45, 7) is 1.88. The summed E-state index contributed by atoms with van der Waals surface area (Å²) in [4.78, 5) is 15.7. The fourth-order valence-electron chi connectivity index (χ4n) is 0.766. The van der Waals surface area contributed by atoms with E-state index in [2.05, 4.69) is 4.99 Å². The van der Waals surface area contributed by atoms with Crippen molar-refractivity contribution in [1.29, 1.82) is 0 Å². The van der Waals surface area contributed by atoms with E-state index in [1.54, 1.807) is 20.3 Å². The molecule has 2 N–H and O–H groups in total. The van der Waals surface area contributed by atoms with Gasteiger partial charge in [-0.15, -0.1) is 0 Å². The highest BCUT2D eigenvalue weighted by Gasteiger charge is 2.09. The van der Waals surface area contributed by atoms with Gasteiger partial charge in [0, 0.05) is 32.1 Å². The summed E-state index contributed by atoms with van der Waals surface area (Å²) in [5.74, 6) is 0. The number of hydrogen-bond acceptors (Lipinski definition) is 3. The van der Waals surface area contributed by atoms with Crippen LogP contribution in [0.5, 0.6) is 0 Å². The minimum atomic E-state index is -0.0313. The number of hydrogen-bond donors (Lipinski definition) is 1. The number of nitrogens with two attached hydrogens (primary N) is 1. The summed E-state index contributed by atoms with van der Waals surface area (Å²) in [5.41, 5.74) is 6.18. The fourth-order valence-corrected chi connectivity index (χ4v) is 0.766. The van der Waals surface area contributed by atoms with Crippen LogP contribution in [0.15, 0.2) is 16.8 Å². The molecule has 1 unspecified atom stereocenters. The van der Waals surface area contributed by atoms with Crippen molar-refractivity contribution in [3.05, 3.63) is 11.8 Å². The molecule has 0 saturated heterocycles. The summed E-state index contributed by atoms with van der Waals surface area (Å²) < 4.78 is 0. The molecule has 1 amide bonds. The summed E-state index contributed by atoms with van der Waals surface area (Å²) in [6.07, 6.45) is 3.86. The van der Waals surface area contributed by atoms with Crippen molar-refractivity contribution in [2.24, 2.45) is 10.7 Å². The van der Waals surface area contributed by atoms with E-state index in [0.29, 0.717) is 0 Å². The monoisotopic (exact) mass is 169 g/mol. The van der Waals surface area contributed by atoms with Crippen LogP contribution in [0.25, 0.3) is 0 Å². The molecule has 0 saturated carbocycles. The Labute approximate surface area is 72.8 Å². The number of carbonyl (C=O) groups excluding carboxylic acids is 1. The van der Waals surface area contributed by atoms with Crippen LogP contribution in [0.3, 0.4) is 0 Å². The van der Waals surface area contributed by atoms with Gasteiger partial charge >= 0.3 is 0 Å². The maximum absolute atomic E-state index is 10.4. The second kappa shape index (κ2) is 5.35. The van der Waals surface area contributed by atoms with Crippen LogP contribution >= 0.6 is 0 Å². The van der Waals surface area contributed by atoms with Gasteiger partial charge in [-0.05, 0) is 6.92 Å². The van der Waals surface area contributed by atoms with Gasteiger partial charge in [-0.25, -0.2) is 0 Å². The van der Waals surface area contributed by atoms with Crippen molar-refractivity contribution >= 4 is 12.6 Å². The number of carbonyl (C=O) groups is 1. The van der Waals surface area contributed by atoms with E-state index in [1.165, 1.54) is 11.1 Å². The van der Waals surface area contributed by atoms with Crippen LogP contribution in [0.4, 0.5) is 0 Å². The second-order valence-electron chi connectivity index (χ2n) is 2.50. The Balaban J connectivity index is 4.42. The van der Waals surface area contributed by atoms with E-state index in [0.717, 1.165) is 12.0 Å². The SMILES string of the molecule is CN=C/C(=C\N)C(C)N(C)C=O. The average molecular weight is 169 g/mol. The minimum Gasteiger partial charge on any atom is -0.404 e. The van der Waals surface area contributed by atoms with Crippen molar-refractivity contribution in [3.8, 4) is 0 Å². The zero-order valence-electron chi connectivity index (χ0n) is 7.69. The molecule has 4 nitrogen and oxygen atoms in total. The molecule has 12 heavy (non-hydrogen) atoms. The normalized spacial score (nSPS) is 14.8. The number of likely N-dealkylation sites (N-methyl/N-ethyl adjacent to an activating group) is 1. The van der Waals surface area contributed by atoms with E-state index in [4.69, 9.17) is 5.73 Å². The van der Waals surface area contributed by atoms with Gasteiger partial charge in [0.1, 0.15) is 0 Å². The molecule has 0 fully saturated rings. The first kappa shape index (κ1) is 10.7. The Morgan fingerprint density at radius 2 is 2.25 bits per heavy atom. The molecule has 1 atom stereocenters. The van der Waals surface area contributed by atoms with E-state index in [-0.39, 0.29) is 6.04 Å². The lowest BCUT2D eigenvalue weighted by Gasteiger charge is -2.20. The van der Waals surface area contributed by atoms with Gasteiger partial charge in [0.25, 0.3) is 0 Å². The fraction of sp³-hybridized carbons (Fsp3) is 0.500. The first-order valence-corrected chi connectivity index (χ1v) is 3.68. The van der Waals surface area contributed by atoms with E-state index < -0.39 is 0 Å². The first-order valence-electron chi connectivity index (χ1n) is 3.68. The third-order valence-electron chi connectivity index (χ3n) is 1.73. The summed E-state index contributed by atoms with van der Waals surface area (Å²) in [6, 6.07) is -0.0313. The lowest BCUT2D eigenvalue weighted by atomic mass is 10.1. The zero-order valence-corrected chi connectivity index (χ0v) is 7.69. The predicted molar refractivity (Wildman–Crippen MR) is 50.0 cm³/mol. The van der Waals surface area contributed by atoms with Gasteiger partial charge in [0.2, 0.25) is 6.41 Å². The maximum atomic E-state index is 10.4. The standard InChI is InChI=1S/C8H15N3O/c1-7(11(3)6-12)8(4-9)5-10-2/h4-7H,9H2,1-3H3/b8-4+,10-5?. The quantitative estimate of drug-likeness (QED) is 0.476. The van der Waals surface area contributed by atoms with Crippen LogP contribution < -0.4 is 5.73 Å². The Kier molecular flexibility index (Phi) is 4.76. The average Bonchev–Trinajstić information content (AvgIpc) is 2.11. The zero-order chi connectivity index (χ0) is 9.56.